The van der Waals surface area contributed by atoms with E-state index in [1.165, 1.54) is 38.0 Å². The van der Waals surface area contributed by atoms with E-state index in [1.807, 2.05) is 6.07 Å². The van der Waals surface area contributed by atoms with Gasteiger partial charge < -0.3 is 23.0 Å². The van der Waals surface area contributed by atoms with Gasteiger partial charge >= 0.3 is 0 Å². The zero-order valence-corrected chi connectivity index (χ0v) is 36.1. The normalized spacial score (nSPS) is 13.0. The van der Waals surface area contributed by atoms with Crippen LogP contribution >= 0.6 is 0 Å². The van der Waals surface area contributed by atoms with E-state index < -0.39 is 0 Å². The van der Waals surface area contributed by atoms with Crippen molar-refractivity contribution in [1.29, 1.82) is 0 Å². The summed E-state index contributed by atoms with van der Waals surface area (Å²) < 4.78 is 26.2. The van der Waals surface area contributed by atoms with E-state index in [2.05, 4.69) is 221 Å². The number of rotatable bonds is 4. The van der Waals surface area contributed by atoms with E-state index in [1.54, 1.807) is 0 Å². The van der Waals surface area contributed by atoms with Gasteiger partial charge in [0.25, 0.3) is 13.4 Å². The number of fused-ring (bicyclic) bond motifs is 16. The lowest BCUT2D eigenvalue weighted by Crippen LogP contribution is -2.60. The van der Waals surface area contributed by atoms with E-state index in [0.717, 1.165) is 88.9 Å². The summed E-state index contributed by atoms with van der Waals surface area (Å²) in [4.78, 5) is 0. The highest BCUT2D eigenvalue weighted by atomic mass is 16.5. The van der Waals surface area contributed by atoms with Crippen LogP contribution in [-0.4, -0.2) is 22.6 Å². The summed E-state index contributed by atoms with van der Waals surface area (Å²) in [6.45, 7) is -0.382. The molecule has 0 unspecified atom stereocenters. The van der Waals surface area contributed by atoms with Crippen molar-refractivity contribution in [3.8, 4) is 34.4 Å². The molecule has 0 atom stereocenters. The van der Waals surface area contributed by atoms with Crippen LogP contribution in [0.1, 0.15) is 0 Å². The van der Waals surface area contributed by atoms with Gasteiger partial charge in [0.1, 0.15) is 22.8 Å². The molecule has 2 aliphatic heterocycles. The molecule has 0 radical (unpaired) electrons. The first-order valence-electron chi connectivity index (χ1n) is 23.0. The molecule has 0 fully saturated rings. The summed E-state index contributed by atoms with van der Waals surface area (Å²) in [5.74, 6) is 3.16. The molecule has 310 valence electrons. The van der Waals surface area contributed by atoms with Crippen molar-refractivity contribution in [1.82, 2.24) is 9.13 Å². The van der Waals surface area contributed by atoms with Crippen LogP contribution in [0.5, 0.6) is 23.0 Å². The van der Waals surface area contributed by atoms with Gasteiger partial charge in [-0.2, -0.15) is 0 Å². The van der Waals surface area contributed by atoms with Crippen LogP contribution < -0.4 is 42.3 Å². The van der Waals surface area contributed by atoms with Crippen molar-refractivity contribution >= 4 is 112 Å². The molecule has 0 saturated carbocycles. The van der Waals surface area contributed by atoms with Crippen LogP contribution in [0.3, 0.4) is 0 Å². The molecule has 13 aromatic rings. The number of nitrogens with zero attached hydrogens (tertiary/aromatic N) is 2. The molecule has 5 heterocycles. The molecule has 0 spiro atoms. The molecular weight excluding hydrogens is 818 g/mol. The Labute approximate surface area is 385 Å². The van der Waals surface area contributed by atoms with E-state index >= 15 is 0 Å². The summed E-state index contributed by atoms with van der Waals surface area (Å²) in [6.07, 6.45) is 0. The number of furan rings is 1. The van der Waals surface area contributed by atoms with Gasteiger partial charge in [-0.25, -0.2) is 0 Å². The Morgan fingerprint density at radius 1 is 0.343 bits per heavy atom. The van der Waals surface area contributed by atoms with Gasteiger partial charge in [0.15, 0.2) is 11.3 Å². The molecule has 67 heavy (non-hydrogen) atoms. The lowest BCUT2D eigenvalue weighted by Gasteiger charge is -2.34. The molecule has 0 amide bonds. The molecule has 10 aromatic carbocycles. The minimum absolute atomic E-state index is 0.121. The van der Waals surface area contributed by atoms with Crippen molar-refractivity contribution in [3.63, 3.8) is 0 Å². The van der Waals surface area contributed by atoms with Crippen molar-refractivity contribution in [2.45, 2.75) is 0 Å². The second-order valence-electron chi connectivity index (χ2n) is 17.9. The van der Waals surface area contributed by atoms with E-state index in [0.29, 0.717) is 5.75 Å². The zero-order chi connectivity index (χ0) is 43.7. The molecule has 0 N–H and O–H groups in total. The lowest BCUT2D eigenvalue weighted by atomic mass is 9.31. The first kappa shape index (κ1) is 36.6. The van der Waals surface area contributed by atoms with Gasteiger partial charge in [-0.15, -0.1) is 0 Å². The van der Waals surface area contributed by atoms with Crippen molar-refractivity contribution in [2.24, 2.45) is 0 Å². The molecule has 7 heteroatoms. The summed E-state index contributed by atoms with van der Waals surface area (Å²) >= 11 is 0. The molecule has 3 aromatic heterocycles. The molecule has 2 aliphatic rings. The molecule has 0 aliphatic carbocycles. The monoisotopic (exact) mass is 854 g/mol. The smallest absolute Gasteiger partial charge is 0.256 e. The molecule has 15 rings (SSSR count). The maximum atomic E-state index is 7.31. The van der Waals surface area contributed by atoms with E-state index in [-0.39, 0.29) is 13.4 Å². The van der Waals surface area contributed by atoms with Crippen molar-refractivity contribution in [3.05, 3.63) is 218 Å². The van der Waals surface area contributed by atoms with Crippen molar-refractivity contribution in [2.75, 3.05) is 0 Å². The van der Waals surface area contributed by atoms with Crippen LogP contribution in [-0.2, 0) is 0 Å². The first-order valence-corrected chi connectivity index (χ1v) is 23.0. The van der Waals surface area contributed by atoms with Crippen LogP contribution in [0.2, 0.25) is 0 Å². The SMILES string of the molecule is c1ccc(B2c3ccccc3Oc3c4c(c5oc6ccccc6c5c32)Oc2ccccc2B4c2cccc(-n3c4ccccc4c4cc(-n5c6ccccc6c6ccccc65)ccc43)c2)cc1. The number of ether oxygens (including phenoxy) is 2. The minimum atomic E-state index is -0.261. The Bertz CT molecular complexity index is 4150. The fraction of sp³-hybridized carbons (Fsp3) is 0. The molecular formula is C60H36B2N2O3. The standard InChI is InChI=1S/C60H36B2N2O3/c1-2-17-37(18-3-1)61-46-25-8-14-31-53(46)66-59-56(61)55-44-24-7-13-30-52(44)65-58(55)60-57(59)62(47-26-9-15-32-54(47)67-60)38-19-16-20-39(35-38)63-50-29-12-6-23-43(50)45-36-40(33-34-51(45)63)64-48-27-10-4-21-41(48)42-22-5-11-28-49(42)64/h1-36H. The van der Waals surface area contributed by atoms with Gasteiger partial charge in [-0.3, -0.25) is 0 Å². The Kier molecular flexibility index (Phi) is 7.61. The van der Waals surface area contributed by atoms with Gasteiger partial charge in [0.2, 0.25) is 0 Å². The summed E-state index contributed by atoms with van der Waals surface area (Å²) in [5, 5.41) is 6.96. The lowest BCUT2D eigenvalue weighted by molar-refractivity contribution is 0.466. The number of hydrogen-bond donors (Lipinski definition) is 0. The third-order valence-electron chi connectivity index (χ3n) is 14.4. The molecule has 5 nitrogen and oxygen atoms in total. The Hall–Kier alpha value is -8.67. The van der Waals surface area contributed by atoms with Crippen LogP contribution in [0.15, 0.2) is 223 Å². The van der Waals surface area contributed by atoms with E-state index in [9.17, 15) is 0 Å². The highest BCUT2D eigenvalue weighted by molar-refractivity contribution is 7.01. The van der Waals surface area contributed by atoms with Crippen LogP contribution in [0, 0.1) is 0 Å². The number of benzene rings is 10. The van der Waals surface area contributed by atoms with E-state index in [4.69, 9.17) is 13.9 Å². The second kappa shape index (κ2) is 13.9. The van der Waals surface area contributed by atoms with Gasteiger partial charge in [-0.1, -0.05) is 163 Å². The summed E-state index contributed by atoms with van der Waals surface area (Å²) in [7, 11) is 0. The molecule has 0 saturated heterocycles. The van der Waals surface area contributed by atoms with Gasteiger partial charge in [0.05, 0.1) is 22.1 Å². The van der Waals surface area contributed by atoms with Crippen LogP contribution in [0.4, 0.5) is 0 Å². The highest BCUT2D eigenvalue weighted by Crippen LogP contribution is 2.43. The van der Waals surface area contributed by atoms with Gasteiger partial charge in [-0.05, 0) is 83.1 Å². The predicted octanol–water partition coefficient (Wildman–Crippen LogP) is 11.0. The largest absolute Gasteiger partial charge is 0.459 e. The van der Waals surface area contributed by atoms with Gasteiger partial charge in [0, 0.05) is 49.2 Å². The molecule has 0 bridgehead atoms. The quantitative estimate of drug-likeness (QED) is 0.166. The Morgan fingerprint density at radius 2 is 0.851 bits per heavy atom. The second-order valence-corrected chi connectivity index (χ2v) is 17.9. The fourth-order valence-electron chi connectivity index (χ4n) is 11.6. The highest BCUT2D eigenvalue weighted by Gasteiger charge is 2.44. The number of hydrogen-bond acceptors (Lipinski definition) is 3. The third-order valence-corrected chi connectivity index (χ3v) is 14.4. The fourth-order valence-corrected chi connectivity index (χ4v) is 11.6. The average Bonchev–Trinajstić information content (AvgIpc) is 4.06. The maximum absolute atomic E-state index is 7.31. The maximum Gasteiger partial charge on any atom is 0.256 e. The minimum Gasteiger partial charge on any atom is -0.459 e. The third kappa shape index (κ3) is 5.17. The Morgan fingerprint density at radius 3 is 1.54 bits per heavy atom. The predicted molar refractivity (Wildman–Crippen MR) is 278 cm³/mol. The summed E-state index contributed by atoms with van der Waals surface area (Å²) in [5.41, 5.74) is 15.0. The number of aromatic nitrogens is 2. The number of para-hydroxylation sites is 6. The zero-order valence-electron chi connectivity index (χ0n) is 36.1. The van der Waals surface area contributed by atoms with Crippen LogP contribution in [0.25, 0.3) is 76.9 Å². The first-order chi connectivity index (χ1) is 33.3. The van der Waals surface area contributed by atoms with Crippen molar-refractivity contribution < 1.29 is 13.9 Å². The average molecular weight is 855 g/mol. The topological polar surface area (TPSA) is 41.5 Å². The summed E-state index contributed by atoms with van der Waals surface area (Å²) in [6, 6.07) is 78.2. The Balaban J connectivity index is 0.981.